The first-order chi connectivity index (χ1) is 6.92. The molecule has 14 heavy (non-hydrogen) atoms. The van der Waals surface area contributed by atoms with E-state index in [0.29, 0.717) is 0 Å². The first-order valence-electron chi connectivity index (χ1n) is 5.77. The third-order valence-corrected chi connectivity index (χ3v) is 3.85. The van der Waals surface area contributed by atoms with E-state index >= 15 is 0 Å². The van der Waals surface area contributed by atoms with E-state index in [0.717, 1.165) is 12.0 Å². The Bertz CT molecular complexity index is 330. The molecular weight excluding hydrogens is 170 g/mol. The molecule has 3 rings (SSSR count). The third kappa shape index (κ3) is 0.956. The maximum atomic E-state index is 2.63. The van der Waals surface area contributed by atoms with Gasteiger partial charge < -0.3 is 4.90 Å². The van der Waals surface area contributed by atoms with E-state index in [2.05, 4.69) is 36.1 Å². The highest BCUT2D eigenvalue weighted by Gasteiger charge is 2.39. The minimum Gasteiger partial charge on any atom is -0.368 e. The van der Waals surface area contributed by atoms with Gasteiger partial charge in [-0.2, -0.15) is 0 Å². The first-order valence-corrected chi connectivity index (χ1v) is 5.77. The maximum absolute atomic E-state index is 2.63. The van der Waals surface area contributed by atoms with E-state index < -0.39 is 0 Å². The summed E-state index contributed by atoms with van der Waals surface area (Å²) >= 11 is 0. The highest BCUT2D eigenvalue weighted by Crippen LogP contribution is 2.46. The summed E-state index contributed by atoms with van der Waals surface area (Å²) in [6.07, 6.45) is 4.07. The molecule has 0 N–H and O–H groups in total. The Morgan fingerprint density at radius 2 is 2.21 bits per heavy atom. The molecule has 0 aromatic heterocycles. The van der Waals surface area contributed by atoms with Crippen LogP contribution in [-0.2, 0) is 0 Å². The van der Waals surface area contributed by atoms with Gasteiger partial charge in [0, 0.05) is 24.2 Å². The lowest BCUT2D eigenvalue weighted by atomic mass is 9.91. The molecule has 0 saturated carbocycles. The van der Waals surface area contributed by atoms with Crippen LogP contribution in [-0.4, -0.2) is 12.6 Å². The van der Waals surface area contributed by atoms with Gasteiger partial charge in [0.05, 0.1) is 0 Å². The van der Waals surface area contributed by atoms with Crippen molar-refractivity contribution in [3.8, 4) is 0 Å². The Morgan fingerprint density at radius 1 is 1.36 bits per heavy atom. The molecule has 0 amide bonds. The molecule has 1 aromatic carbocycles. The lowest BCUT2D eigenvalue weighted by Crippen LogP contribution is -2.26. The number of anilines is 1. The Hall–Kier alpha value is -0.980. The van der Waals surface area contributed by atoms with Gasteiger partial charge in [-0.3, -0.25) is 0 Å². The molecule has 2 aliphatic rings. The summed E-state index contributed by atoms with van der Waals surface area (Å²) in [6.45, 7) is 3.60. The predicted molar refractivity (Wildman–Crippen MR) is 59.8 cm³/mol. The van der Waals surface area contributed by atoms with Crippen molar-refractivity contribution in [2.75, 3.05) is 11.4 Å². The molecule has 1 nitrogen and oxygen atoms in total. The van der Waals surface area contributed by atoms with Crippen molar-refractivity contribution in [3.63, 3.8) is 0 Å². The minimum atomic E-state index is 0.800. The van der Waals surface area contributed by atoms with Gasteiger partial charge in [0.15, 0.2) is 0 Å². The number of hydrogen-bond acceptors (Lipinski definition) is 1. The fraction of sp³-hybridized carbons (Fsp3) is 0.538. The summed E-state index contributed by atoms with van der Waals surface area (Å²) in [5, 5.41) is 0. The van der Waals surface area contributed by atoms with Gasteiger partial charge in [-0.05, 0) is 30.9 Å². The van der Waals surface area contributed by atoms with Crippen LogP contribution in [0.3, 0.4) is 0 Å². The number of benzene rings is 1. The quantitative estimate of drug-likeness (QED) is 0.652. The fourth-order valence-corrected chi connectivity index (χ4v) is 3.27. The Balaban J connectivity index is 2.09. The number of nitrogens with zero attached hydrogens (tertiary/aromatic N) is 1. The highest BCUT2D eigenvalue weighted by molar-refractivity contribution is 5.62. The summed E-state index contributed by atoms with van der Waals surface area (Å²) in [7, 11) is 0. The number of para-hydroxylation sites is 1. The molecule has 0 aliphatic carbocycles. The summed E-state index contributed by atoms with van der Waals surface area (Å²) in [4.78, 5) is 2.63. The van der Waals surface area contributed by atoms with Crippen LogP contribution in [0.25, 0.3) is 0 Å². The van der Waals surface area contributed by atoms with Crippen molar-refractivity contribution >= 4 is 5.69 Å². The van der Waals surface area contributed by atoms with E-state index in [1.807, 2.05) is 0 Å². The van der Waals surface area contributed by atoms with Crippen molar-refractivity contribution in [1.29, 1.82) is 0 Å². The van der Waals surface area contributed by atoms with Gasteiger partial charge in [0.25, 0.3) is 0 Å². The molecular formula is C13H17N. The molecule has 0 radical (unpaired) electrons. The van der Waals surface area contributed by atoms with Gasteiger partial charge in [-0.25, -0.2) is 0 Å². The van der Waals surface area contributed by atoms with E-state index in [-0.39, 0.29) is 0 Å². The molecule has 0 spiro atoms. The van der Waals surface area contributed by atoms with Crippen molar-refractivity contribution in [2.24, 2.45) is 0 Å². The lowest BCUT2D eigenvalue weighted by Gasteiger charge is -2.21. The average Bonchev–Trinajstić information content (AvgIpc) is 2.77. The SMILES string of the molecule is CC[C@@H]1c2ccccc2N2CCC[C@H]12. The van der Waals surface area contributed by atoms with E-state index in [1.165, 1.54) is 31.5 Å². The van der Waals surface area contributed by atoms with E-state index in [9.17, 15) is 0 Å². The van der Waals surface area contributed by atoms with Gasteiger partial charge in [-0.15, -0.1) is 0 Å². The van der Waals surface area contributed by atoms with Gasteiger partial charge in [-0.1, -0.05) is 25.1 Å². The van der Waals surface area contributed by atoms with Crippen LogP contribution in [0, 0.1) is 0 Å². The zero-order chi connectivity index (χ0) is 9.54. The molecule has 0 bridgehead atoms. The van der Waals surface area contributed by atoms with E-state index in [4.69, 9.17) is 0 Å². The highest BCUT2D eigenvalue weighted by atomic mass is 15.2. The van der Waals surface area contributed by atoms with Crippen molar-refractivity contribution < 1.29 is 0 Å². The third-order valence-electron chi connectivity index (χ3n) is 3.85. The van der Waals surface area contributed by atoms with Crippen LogP contribution < -0.4 is 4.90 Å². The molecule has 74 valence electrons. The number of hydrogen-bond donors (Lipinski definition) is 0. The molecule has 1 aromatic rings. The minimum absolute atomic E-state index is 0.800. The largest absolute Gasteiger partial charge is 0.368 e. The molecule has 1 heteroatoms. The van der Waals surface area contributed by atoms with Gasteiger partial charge in [0.2, 0.25) is 0 Å². The van der Waals surface area contributed by atoms with Crippen molar-refractivity contribution in [1.82, 2.24) is 0 Å². The van der Waals surface area contributed by atoms with Gasteiger partial charge >= 0.3 is 0 Å². The smallest absolute Gasteiger partial charge is 0.0405 e. The predicted octanol–water partition coefficient (Wildman–Crippen LogP) is 3.16. The molecule has 2 atom stereocenters. The second-order valence-electron chi connectivity index (χ2n) is 4.48. The Kier molecular flexibility index (Phi) is 1.79. The number of rotatable bonds is 1. The van der Waals surface area contributed by atoms with Crippen LogP contribution in [0.4, 0.5) is 5.69 Å². The van der Waals surface area contributed by atoms with Crippen molar-refractivity contribution in [3.05, 3.63) is 29.8 Å². The summed E-state index contributed by atoms with van der Waals surface area (Å²) in [6, 6.07) is 9.79. The maximum Gasteiger partial charge on any atom is 0.0405 e. The zero-order valence-corrected chi connectivity index (χ0v) is 8.74. The topological polar surface area (TPSA) is 3.24 Å². The molecule has 1 saturated heterocycles. The summed E-state index contributed by atoms with van der Waals surface area (Å²) in [5.74, 6) is 0.800. The summed E-state index contributed by atoms with van der Waals surface area (Å²) in [5.41, 5.74) is 3.11. The van der Waals surface area contributed by atoms with Crippen LogP contribution in [0.1, 0.15) is 37.7 Å². The van der Waals surface area contributed by atoms with Crippen LogP contribution in [0.2, 0.25) is 0 Å². The van der Waals surface area contributed by atoms with Crippen molar-refractivity contribution in [2.45, 2.75) is 38.1 Å². The summed E-state index contributed by atoms with van der Waals surface area (Å²) < 4.78 is 0. The molecule has 2 aliphatic heterocycles. The second-order valence-corrected chi connectivity index (χ2v) is 4.48. The first kappa shape index (κ1) is 8.34. The van der Waals surface area contributed by atoms with Gasteiger partial charge in [0.1, 0.15) is 0 Å². The van der Waals surface area contributed by atoms with Crippen LogP contribution in [0.5, 0.6) is 0 Å². The normalized spacial score (nSPS) is 29.1. The zero-order valence-electron chi connectivity index (χ0n) is 8.74. The standard InChI is InChI=1S/C13H17N/c1-2-10-11-6-3-4-7-13(11)14-9-5-8-12(10)14/h3-4,6-7,10,12H,2,5,8-9H2,1H3/t10-,12-/m1/s1. The molecule has 2 heterocycles. The monoisotopic (exact) mass is 187 g/mol. The number of fused-ring (bicyclic) bond motifs is 3. The fourth-order valence-electron chi connectivity index (χ4n) is 3.27. The Morgan fingerprint density at radius 3 is 3.07 bits per heavy atom. The molecule has 1 fully saturated rings. The Labute approximate surface area is 85.7 Å². The average molecular weight is 187 g/mol. The van der Waals surface area contributed by atoms with Crippen LogP contribution >= 0.6 is 0 Å². The second kappa shape index (κ2) is 3.01. The van der Waals surface area contributed by atoms with Crippen LogP contribution in [0.15, 0.2) is 24.3 Å². The lowest BCUT2D eigenvalue weighted by molar-refractivity contribution is 0.550. The molecule has 0 unspecified atom stereocenters. The van der Waals surface area contributed by atoms with E-state index in [1.54, 1.807) is 5.56 Å².